The van der Waals surface area contributed by atoms with Gasteiger partial charge in [-0.05, 0) is 55.7 Å². The van der Waals surface area contributed by atoms with E-state index in [1.807, 2.05) is 50.2 Å². The third-order valence-electron chi connectivity index (χ3n) is 7.31. The summed E-state index contributed by atoms with van der Waals surface area (Å²) >= 11 is 6.28. The monoisotopic (exact) mass is 627 g/mol. The van der Waals surface area contributed by atoms with Crippen molar-refractivity contribution in [1.29, 1.82) is 0 Å². The summed E-state index contributed by atoms with van der Waals surface area (Å²) < 4.78 is 39.1. The lowest BCUT2D eigenvalue weighted by molar-refractivity contribution is -0.140. The summed E-state index contributed by atoms with van der Waals surface area (Å²) in [5, 5.41) is 3.51. The molecule has 9 nitrogen and oxygen atoms in total. The van der Waals surface area contributed by atoms with Gasteiger partial charge in [-0.15, -0.1) is 0 Å². The Morgan fingerprint density at radius 1 is 0.930 bits per heavy atom. The first-order valence-corrected chi connectivity index (χ1v) is 16.4. The van der Waals surface area contributed by atoms with E-state index < -0.39 is 28.5 Å². The summed E-state index contributed by atoms with van der Waals surface area (Å²) in [5.74, 6) is -0.184. The molecule has 1 aliphatic heterocycles. The Hall–Kier alpha value is -3.76. The normalized spacial score (nSPS) is 14.0. The highest BCUT2D eigenvalue weighted by molar-refractivity contribution is 7.92. The lowest BCUT2D eigenvalue weighted by Gasteiger charge is -2.34. The molecular weight excluding hydrogens is 590 g/mol. The predicted octanol–water partition coefficient (Wildman–Crippen LogP) is 4.82. The standard InChI is InChI=1S/C32H38ClN3O6S/c1-4-23(3)34-32(38)28(19-24-10-7-6-8-11-24)35(21-25-12-9-13-26(33)18-25)31(37)22-36(43(39,40)5-2)27-14-15-29-30(20-27)42-17-16-41-29/h6-15,18,20,23,28H,4-5,16-17,19,21-22H2,1-3H3,(H,34,38)/t23-,28+/m1/s1. The van der Waals surface area contributed by atoms with Crippen molar-refractivity contribution in [2.24, 2.45) is 0 Å². The van der Waals surface area contributed by atoms with Crippen molar-refractivity contribution in [3.05, 3.63) is 88.9 Å². The zero-order valence-corrected chi connectivity index (χ0v) is 26.2. The number of amides is 2. The molecule has 0 saturated heterocycles. The van der Waals surface area contributed by atoms with Gasteiger partial charge in [0.25, 0.3) is 0 Å². The number of hydrogen-bond acceptors (Lipinski definition) is 6. The number of fused-ring (bicyclic) bond motifs is 1. The Bertz CT molecular complexity index is 1520. The molecule has 3 aromatic rings. The second-order valence-corrected chi connectivity index (χ2v) is 13.0. The third kappa shape index (κ3) is 8.42. The molecule has 0 fully saturated rings. The van der Waals surface area contributed by atoms with Crippen LogP contribution in [0.2, 0.25) is 5.02 Å². The average molecular weight is 628 g/mol. The summed E-state index contributed by atoms with van der Waals surface area (Å²) in [6.07, 6.45) is 0.943. The average Bonchev–Trinajstić information content (AvgIpc) is 3.01. The van der Waals surface area contributed by atoms with Crippen LogP contribution >= 0.6 is 11.6 Å². The van der Waals surface area contributed by atoms with E-state index in [0.717, 1.165) is 9.87 Å². The van der Waals surface area contributed by atoms with Gasteiger partial charge in [0.1, 0.15) is 25.8 Å². The summed E-state index contributed by atoms with van der Waals surface area (Å²) in [6.45, 7) is 5.64. The zero-order chi connectivity index (χ0) is 31.0. The second-order valence-electron chi connectivity index (χ2n) is 10.4. The molecule has 1 aliphatic rings. The van der Waals surface area contributed by atoms with E-state index in [9.17, 15) is 18.0 Å². The molecule has 0 saturated carbocycles. The van der Waals surface area contributed by atoms with Gasteiger partial charge in [0, 0.05) is 30.1 Å². The second kappa shape index (κ2) is 14.6. The summed E-state index contributed by atoms with van der Waals surface area (Å²) in [4.78, 5) is 29.6. The van der Waals surface area contributed by atoms with Crippen LogP contribution in [0.1, 0.15) is 38.3 Å². The Kier molecular flexibility index (Phi) is 10.9. The smallest absolute Gasteiger partial charge is 0.244 e. The van der Waals surface area contributed by atoms with E-state index in [2.05, 4.69) is 5.32 Å². The lowest BCUT2D eigenvalue weighted by atomic mass is 10.0. The number of nitrogens with one attached hydrogen (secondary N) is 1. The first-order chi connectivity index (χ1) is 20.6. The van der Waals surface area contributed by atoms with Gasteiger partial charge in [0.2, 0.25) is 21.8 Å². The van der Waals surface area contributed by atoms with Crippen molar-refractivity contribution < 1.29 is 27.5 Å². The molecule has 2 amide bonds. The lowest BCUT2D eigenvalue weighted by Crippen LogP contribution is -2.54. The summed E-state index contributed by atoms with van der Waals surface area (Å²) in [7, 11) is -3.91. The molecule has 43 heavy (non-hydrogen) atoms. The van der Waals surface area contributed by atoms with Gasteiger partial charge in [0.15, 0.2) is 11.5 Å². The maximum absolute atomic E-state index is 14.3. The topological polar surface area (TPSA) is 105 Å². The Morgan fingerprint density at radius 3 is 2.30 bits per heavy atom. The van der Waals surface area contributed by atoms with E-state index in [1.54, 1.807) is 36.4 Å². The number of benzene rings is 3. The fourth-order valence-electron chi connectivity index (χ4n) is 4.73. The van der Waals surface area contributed by atoms with E-state index in [1.165, 1.54) is 11.8 Å². The number of carbonyl (C=O) groups excluding carboxylic acids is 2. The largest absolute Gasteiger partial charge is 0.486 e. The van der Waals surface area contributed by atoms with Gasteiger partial charge in [0.05, 0.1) is 11.4 Å². The zero-order valence-electron chi connectivity index (χ0n) is 24.7. The molecule has 0 unspecified atom stereocenters. The first kappa shape index (κ1) is 32.2. The van der Waals surface area contributed by atoms with Gasteiger partial charge in [-0.25, -0.2) is 8.42 Å². The molecule has 4 rings (SSSR count). The minimum Gasteiger partial charge on any atom is -0.486 e. The molecular formula is C32H38ClN3O6S. The van der Waals surface area contributed by atoms with Crippen molar-refractivity contribution in [2.75, 3.05) is 29.8 Å². The predicted molar refractivity (Wildman–Crippen MR) is 168 cm³/mol. The molecule has 1 heterocycles. The van der Waals surface area contributed by atoms with Crippen LogP contribution in [0.3, 0.4) is 0 Å². The van der Waals surface area contributed by atoms with Crippen molar-refractivity contribution in [3.8, 4) is 11.5 Å². The van der Waals surface area contributed by atoms with Crippen molar-refractivity contribution >= 4 is 39.1 Å². The minimum atomic E-state index is -3.91. The molecule has 0 aromatic heterocycles. The Labute approximate surface area is 258 Å². The molecule has 1 N–H and O–H groups in total. The molecule has 3 aromatic carbocycles. The highest BCUT2D eigenvalue weighted by Gasteiger charge is 2.34. The maximum Gasteiger partial charge on any atom is 0.244 e. The van der Waals surface area contributed by atoms with Crippen molar-refractivity contribution in [3.63, 3.8) is 0 Å². The minimum absolute atomic E-state index is 0.0476. The molecule has 11 heteroatoms. The maximum atomic E-state index is 14.3. The summed E-state index contributed by atoms with van der Waals surface area (Å²) in [5.41, 5.74) is 1.84. The Balaban J connectivity index is 1.75. The van der Waals surface area contributed by atoms with Crippen LogP contribution < -0.4 is 19.1 Å². The molecule has 0 aliphatic carbocycles. The Morgan fingerprint density at radius 2 is 1.63 bits per heavy atom. The van der Waals surface area contributed by atoms with Crippen LogP contribution in [-0.2, 0) is 32.6 Å². The molecule has 230 valence electrons. The number of anilines is 1. The van der Waals surface area contributed by atoms with E-state index in [-0.39, 0.29) is 36.4 Å². The number of nitrogens with zero attached hydrogens (tertiary/aromatic N) is 2. The molecule has 0 spiro atoms. The molecule has 0 bridgehead atoms. The van der Waals surface area contributed by atoms with Crippen molar-refractivity contribution in [2.45, 2.75) is 52.2 Å². The number of rotatable bonds is 13. The highest BCUT2D eigenvalue weighted by Crippen LogP contribution is 2.35. The van der Waals surface area contributed by atoms with Crippen LogP contribution in [0, 0.1) is 0 Å². The van der Waals surface area contributed by atoms with E-state index >= 15 is 0 Å². The van der Waals surface area contributed by atoms with E-state index in [4.69, 9.17) is 21.1 Å². The van der Waals surface area contributed by atoms with Gasteiger partial charge in [-0.1, -0.05) is 61.0 Å². The molecule has 0 radical (unpaired) electrons. The van der Waals surface area contributed by atoms with Crippen LogP contribution in [0.4, 0.5) is 5.69 Å². The number of halogens is 1. The van der Waals surface area contributed by atoms with Gasteiger partial charge in [-0.2, -0.15) is 0 Å². The first-order valence-electron chi connectivity index (χ1n) is 14.4. The van der Waals surface area contributed by atoms with Crippen molar-refractivity contribution in [1.82, 2.24) is 10.2 Å². The van der Waals surface area contributed by atoms with Crippen LogP contribution in [0.5, 0.6) is 11.5 Å². The highest BCUT2D eigenvalue weighted by atomic mass is 35.5. The van der Waals surface area contributed by atoms with Gasteiger partial charge < -0.3 is 19.7 Å². The number of sulfonamides is 1. The third-order valence-corrected chi connectivity index (χ3v) is 9.28. The number of carbonyl (C=O) groups is 2. The SMILES string of the molecule is CC[C@@H](C)NC(=O)[C@H](Cc1ccccc1)N(Cc1cccc(Cl)c1)C(=O)CN(c1ccc2c(c1)OCCO2)S(=O)(=O)CC. The van der Waals surface area contributed by atoms with Gasteiger partial charge >= 0.3 is 0 Å². The van der Waals surface area contributed by atoms with Gasteiger partial charge in [-0.3, -0.25) is 13.9 Å². The molecule has 2 atom stereocenters. The van der Waals surface area contributed by atoms with E-state index in [0.29, 0.717) is 41.7 Å². The van der Waals surface area contributed by atoms with Crippen LogP contribution in [0.15, 0.2) is 72.8 Å². The fraction of sp³-hybridized carbons (Fsp3) is 0.375. The number of hydrogen-bond donors (Lipinski definition) is 1. The quantitative estimate of drug-likeness (QED) is 0.291. The number of ether oxygens (including phenoxy) is 2. The fourth-order valence-corrected chi connectivity index (χ4v) is 6.00. The summed E-state index contributed by atoms with van der Waals surface area (Å²) in [6, 6.07) is 20.2. The van der Waals surface area contributed by atoms with Crippen LogP contribution in [0.25, 0.3) is 0 Å². The van der Waals surface area contributed by atoms with Crippen LogP contribution in [-0.4, -0.2) is 62.7 Å².